The average molecular weight is 384 g/mol. The minimum absolute atomic E-state index is 0.132. The van der Waals surface area contributed by atoms with E-state index in [2.05, 4.69) is 20.8 Å². The molecule has 1 saturated carbocycles. The van der Waals surface area contributed by atoms with Crippen molar-refractivity contribution < 1.29 is 14.3 Å². The fourth-order valence-corrected chi connectivity index (χ4v) is 5.24. The van der Waals surface area contributed by atoms with Crippen LogP contribution in [0.5, 0.6) is 0 Å². The average Bonchev–Trinajstić information content (AvgIpc) is 2.72. The second-order valence-electron chi connectivity index (χ2n) is 8.47. The van der Waals surface area contributed by atoms with Crippen LogP contribution in [0.3, 0.4) is 0 Å². The van der Waals surface area contributed by atoms with Crippen molar-refractivity contribution in [3.63, 3.8) is 0 Å². The molecule has 0 spiro atoms. The summed E-state index contributed by atoms with van der Waals surface area (Å²) >= 11 is 11.8. The van der Waals surface area contributed by atoms with E-state index in [4.69, 9.17) is 27.9 Å². The molecule has 2 aliphatic rings. The van der Waals surface area contributed by atoms with Crippen LogP contribution in [0.25, 0.3) is 0 Å². The number of hydrogen-bond donors (Lipinski definition) is 0. The van der Waals surface area contributed by atoms with Crippen molar-refractivity contribution in [1.82, 2.24) is 4.90 Å². The molecule has 6 heteroatoms. The highest BCUT2D eigenvalue weighted by molar-refractivity contribution is 6.35. The van der Waals surface area contributed by atoms with Crippen LogP contribution in [0.1, 0.15) is 50.4 Å². The van der Waals surface area contributed by atoms with E-state index in [0.717, 1.165) is 25.8 Å². The molecule has 25 heavy (non-hydrogen) atoms. The number of halogens is 2. The maximum Gasteiger partial charge on any atom is 0.338 e. The number of rotatable bonds is 3. The number of hydrogen-bond acceptors (Lipinski definition) is 3. The number of ether oxygens (including phenoxy) is 1. The normalized spacial score (nSPS) is 27.2. The summed E-state index contributed by atoms with van der Waals surface area (Å²) in [6.45, 7) is 7.24. The standard InChI is InChI=1S/C19H23Cl2NO3/c1-18(2)7-15-8-19(3,10-18)11-22(15)16(23)9-25-17(24)12-4-13(20)6-14(21)5-12/h4-6,15H,7-11H2,1-3H3/t15-,19+/m0/s1. The van der Waals surface area contributed by atoms with Gasteiger partial charge >= 0.3 is 5.97 Å². The summed E-state index contributed by atoms with van der Waals surface area (Å²) in [5.74, 6) is -0.723. The molecule has 1 aliphatic heterocycles. The lowest BCUT2D eigenvalue weighted by Gasteiger charge is -2.39. The van der Waals surface area contributed by atoms with E-state index in [9.17, 15) is 9.59 Å². The number of nitrogens with zero attached hydrogens (tertiary/aromatic N) is 1. The molecule has 0 unspecified atom stereocenters. The first-order valence-corrected chi connectivity index (χ1v) is 9.25. The van der Waals surface area contributed by atoms with Crippen LogP contribution < -0.4 is 0 Å². The van der Waals surface area contributed by atoms with Gasteiger partial charge in [0.05, 0.1) is 5.56 Å². The predicted molar refractivity (Wildman–Crippen MR) is 98.0 cm³/mol. The highest BCUT2D eigenvalue weighted by atomic mass is 35.5. The Morgan fingerprint density at radius 3 is 2.44 bits per heavy atom. The SMILES string of the molecule is CC1(C)C[C@H]2C[C@@](C)(CN2C(=O)COC(=O)c2cc(Cl)cc(Cl)c2)C1. The Balaban J connectivity index is 1.62. The molecule has 1 heterocycles. The Morgan fingerprint density at radius 2 is 1.80 bits per heavy atom. The van der Waals surface area contributed by atoms with E-state index in [1.807, 2.05) is 4.90 Å². The third-order valence-corrected chi connectivity index (χ3v) is 5.60. The van der Waals surface area contributed by atoms with Gasteiger partial charge in [0, 0.05) is 22.6 Å². The quantitative estimate of drug-likeness (QED) is 0.717. The van der Waals surface area contributed by atoms with E-state index in [1.165, 1.54) is 18.2 Å². The number of likely N-dealkylation sites (tertiary alicyclic amines) is 1. The predicted octanol–water partition coefficient (Wildman–Crippen LogP) is 4.58. The van der Waals surface area contributed by atoms with Crippen molar-refractivity contribution in [1.29, 1.82) is 0 Å². The van der Waals surface area contributed by atoms with Crippen LogP contribution in [0, 0.1) is 10.8 Å². The van der Waals surface area contributed by atoms with Gasteiger partial charge in [-0.1, -0.05) is 44.0 Å². The molecular formula is C19H23Cl2NO3. The van der Waals surface area contributed by atoms with Crippen molar-refractivity contribution in [3.05, 3.63) is 33.8 Å². The van der Waals surface area contributed by atoms with Crippen LogP contribution in [0.15, 0.2) is 18.2 Å². The molecule has 1 amide bonds. The first-order chi connectivity index (χ1) is 11.6. The molecule has 4 nitrogen and oxygen atoms in total. The number of carbonyl (C=O) groups is 2. The van der Waals surface area contributed by atoms with Crippen LogP contribution in [0.2, 0.25) is 10.0 Å². The Morgan fingerprint density at radius 1 is 1.16 bits per heavy atom. The second-order valence-corrected chi connectivity index (χ2v) is 9.34. The van der Waals surface area contributed by atoms with Gasteiger partial charge in [0.25, 0.3) is 5.91 Å². The van der Waals surface area contributed by atoms with Crippen molar-refractivity contribution in [2.24, 2.45) is 10.8 Å². The van der Waals surface area contributed by atoms with Crippen LogP contribution >= 0.6 is 23.2 Å². The van der Waals surface area contributed by atoms with Gasteiger partial charge in [0.15, 0.2) is 6.61 Å². The number of amides is 1. The van der Waals surface area contributed by atoms with Crippen LogP contribution in [0.4, 0.5) is 0 Å². The van der Waals surface area contributed by atoms with E-state index in [0.29, 0.717) is 10.0 Å². The van der Waals surface area contributed by atoms with Gasteiger partial charge in [-0.3, -0.25) is 4.79 Å². The largest absolute Gasteiger partial charge is 0.452 e. The van der Waals surface area contributed by atoms with Crippen molar-refractivity contribution >= 4 is 35.1 Å². The molecule has 0 N–H and O–H groups in total. The van der Waals surface area contributed by atoms with Gasteiger partial charge in [0.1, 0.15) is 0 Å². The monoisotopic (exact) mass is 383 g/mol. The molecule has 2 fully saturated rings. The molecule has 0 aromatic heterocycles. The third kappa shape index (κ3) is 4.12. The van der Waals surface area contributed by atoms with Gasteiger partial charge in [-0.25, -0.2) is 4.79 Å². The lowest BCUT2D eigenvalue weighted by Crippen LogP contribution is -2.39. The van der Waals surface area contributed by atoms with E-state index >= 15 is 0 Å². The summed E-state index contributed by atoms with van der Waals surface area (Å²) in [6, 6.07) is 4.73. The molecular weight excluding hydrogens is 361 g/mol. The topological polar surface area (TPSA) is 46.6 Å². The molecule has 1 aliphatic carbocycles. The molecule has 136 valence electrons. The first-order valence-electron chi connectivity index (χ1n) is 8.50. The molecule has 0 radical (unpaired) electrons. The van der Waals surface area contributed by atoms with Crippen molar-refractivity contribution in [2.45, 2.75) is 46.1 Å². The molecule has 2 bridgehead atoms. The molecule has 3 rings (SSSR count). The van der Waals surface area contributed by atoms with Gasteiger partial charge in [-0.2, -0.15) is 0 Å². The number of benzene rings is 1. The fraction of sp³-hybridized carbons (Fsp3) is 0.579. The maximum atomic E-state index is 12.6. The van der Waals surface area contributed by atoms with Crippen molar-refractivity contribution in [2.75, 3.05) is 13.2 Å². The first kappa shape index (κ1) is 18.5. The Kier molecular flexibility index (Phi) is 4.80. The Hall–Kier alpha value is -1.26. The highest BCUT2D eigenvalue weighted by Gasteiger charge is 2.50. The van der Waals surface area contributed by atoms with E-state index in [1.54, 1.807) is 0 Å². The maximum absolute atomic E-state index is 12.6. The van der Waals surface area contributed by atoms with Crippen LogP contribution in [-0.2, 0) is 9.53 Å². The highest BCUT2D eigenvalue weighted by Crippen LogP contribution is 2.52. The van der Waals surface area contributed by atoms with Crippen molar-refractivity contribution in [3.8, 4) is 0 Å². The minimum atomic E-state index is -0.591. The van der Waals surface area contributed by atoms with Crippen LogP contribution in [-0.4, -0.2) is 36.0 Å². The fourth-order valence-electron chi connectivity index (χ4n) is 4.72. The molecule has 1 saturated heterocycles. The van der Waals surface area contributed by atoms with E-state index < -0.39 is 5.97 Å². The zero-order valence-electron chi connectivity index (χ0n) is 14.8. The summed E-state index contributed by atoms with van der Waals surface area (Å²) < 4.78 is 5.20. The summed E-state index contributed by atoms with van der Waals surface area (Å²) in [7, 11) is 0. The zero-order chi connectivity index (χ0) is 18.4. The Bertz CT molecular complexity index is 698. The smallest absolute Gasteiger partial charge is 0.338 e. The molecule has 1 aromatic rings. The summed E-state index contributed by atoms with van der Waals surface area (Å²) in [5.41, 5.74) is 0.645. The minimum Gasteiger partial charge on any atom is -0.452 e. The summed E-state index contributed by atoms with van der Waals surface area (Å²) in [6.07, 6.45) is 3.13. The summed E-state index contributed by atoms with van der Waals surface area (Å²) in [4.78, 5) is 26.7. The zero-order valence-corrected chi connectivity index (χ0v) is 16.3. The number of esters is 1. The number of carbonyl (C=O) groups excluding carboxylic acids is 2. The second kappa shape index (κ2) is 6.48. The van der Waals surface area contributed by atoms with Gasteiger partial charge in [0.2, 0.25) is 0 Å². The van der Waals surface area contributed by atoms with Gasteiger partial charge < -0.3 is 9.64 Å². The lowest BCUT2D eigenvalue weighted by atomic mass is 9.65. The Labute approximate surface area is 158 Å². The van der Waals surface area contributed by atoms with Gasteiger partial charge in [-0.05, 0) is 48.3 Å². The molecule has 2 atom stereocenters. The number of fused-ring (bicyclic) bond motifs is 2. The lowest BCUT2D eigenvalue weighted by molar-refractivity contribution is -0.135. The van der Waals surface area contributed by atoms with Gasteiger partial charge in [-0.15, -0.1) is 0 Å². The van der Waals surface area contributed by atoms with E-state index in [-0.39, 0.29) is 34.9 Å². The summed E-state index contributed by atoms with van der Waals surface area (Å²) in [5, 5.41) is 0.712. The third-order valence-electron chi connectivity index (χ3n) is 5.16. The molecule has 1 aromatic carbocycles.